The van der Waals surface area contributed by atoms with Crippen molar-refractivity contribution in [3.8, 4) is 28.7 Å². The molecular formula is C21H23NO7. The number of carboxylic acids is 1. The molecule has 0 saturated carbocycles. The maximum atomic E-state index is 11.4. The number of hydrogen-bond acceptors (Lipinski definition) is 7. The zero-order chi connectivity index (χ0) is 21.8. The maximum absolute atomic E-state index is 11.4. The Morgan fingerprint density at radius 2 is 1.66 bits per heavy atom. The van der Waals surface area contributed by atoms with Crippen molar-refractivity contribution in [3.05, 3.63) is 47.5 Å². The van der Waals surface area contributed by atoms with E-state index in [0.717, 1.165) is 6.07 Å². The molecule has 0 spiro atoms. The first kappa shape index (κ1) is 21.6. The average Bonchev–Trinajstić information content (AvgIpc) is 2.66. The van der Waals surface area contributed by atoms with Gasteiger partial charge in [-0.2, -0.15) is 0 Å². The van der Waals surface area contributed by atoms with Gasteiger partial charge in [0.25, 0.3) is 0 Å². The third-order valence-corrected chi connectivity index (χ3v) is 4.07. The molecule has 0 heterocycles. The van der Waals surface area contributed by atoms with Crippen LogP contribution >= 0.6 is 0 Å². The van der Waals surface area contributed by atoms with Crippen LogP contribution in [0.4, 0.5) is 0 Å². The highest BCUT2D eigenvalue weighted by atomic mass is 16.6. The van der Waals surface area contributed by atoms with Gasteiger partial charge in [-0.15, -0.1) is 0 Å². The smallest absolute Gasteiger partial charge is 0.347 e. The van der Waals surface area contributed by atoms with E-state index >= 15 is 0 Å². The number of carbonyl (C=O) groups is 1. The lowest BCUT2D eigenvalue weighted by Gasteiger charge is -2.24. The molecule has 2 aromatic carbocycles. The van der Waals surface area contributed by atoms with Crippen LogP contribution in [0.5, 0.6) is 28.7 Å². The molecule has 0 fully saturated rings. The summed E-state index contributed by atoms with van der Waals surface area (Å²) in [6.07, 6.45) is 3.06. The number of allylic oxidation sites excluding steroid dienone is 1. The zero-order valence-corrected chi connectivity index (χ0v) is 16.5. The lowest BCUT2D eigenvalue weighted by molar-refractivity contribution is -0.152. The lowest BCUT2D eigenvalue weighted by atomic mass is 10.1. The Morgan fingerprint density at radius 1 is 1.07 bits per heavy atom. The number of aliphatic carboxylic acids is 1. The number of carboxylic acid groups (broad SMARTS) is 1. The van der Waals surface area contributed by atoms with E-state index in [9.17, 15) is 20.1 Å². The minimum atomic E-state index is -1.50. The Morgan fingerprint density at radius 3 is 2.14 bits per heavy atom. The maximum Gasteiger partial charge on any atom is 0.347 e. The highest BCUT2D eigenvalue weighted by Crippen LogP contribution is 2.41. The van der Waals surface area contributed by atoms with Crippen molar-refractivity contribution in [2.45, 2.75) is 19.4 Å². The summed E-state index contributed by atoms with van der Waals surface area (Å²) < 4.78 is 16.3. The summed E-state index contributed by atoms with van der Waals surface area (Å²) >= 11 is 0. The van der Waals surface area contributed by atoms with Gasteiger partial charge in [0, 0.05) is 11.6 Å². The third kappa shape index (κ3) is 4.98. The second-order valence-electron chi connectivity index (χ2n) is 6.62. The number of aromatic hydroxyl groups is 2. The van der Waals surface area contributed by atoms with Crippen molar-refractivity contribution in [1.29, 1.82) is 5.41 Å². The van der Waals surface area contributed by atoms with Gasteiger partial charge < -0.3 is 34.9 Å². The standard InChI is InChI=1S/C21H23NO7/c1-21(2,20(25)26)29-19-17(27-3)9-12(10-18(19)28-4)5-8-15(22)14-7-6-13(23)11-16(14)24/h5-11,22-24H,1-4H3,(H,25,26)/b8-5+,22-15?. The molecule has 2 rings (SSSR count). The van der Waals surface area contributed by atoms with E-state index in [1.807, 2.05) is 0 Å². The Kier molecular flexibility index (Phi) is 6.38. The van der Waals surface area contributed by atoms with Gasteiger partial charge in [-0.05, 0) is 49.8 Å². The monoisotopic (exact) mass is 401 g/mol. The molecule has 0 atom stereocenters. The Balaban J connectivity index is 2.38. The number of phenolic OH excluding ortho intramolecular Hbond substituents is 2. The van der Waals surface area contributed by atoms with Crippen molar-refractivity contribution >= 4 is 17.8 Å². The number of benzene rings is 2. The topological polar surface area (TPSA) is 129 Å². The fourth-order valence-electron chi connectivity index (χ4n) is 2.41. The van der Waals surface area contributed by atoms with Crippen molar-refractivity contribution in [2.75, 3.05) is 14.2 Å². The predicted octanol–water partition coefficient (Wildman–Crippen LogP) is 3.44. The quantitative estimate of drug-likeness (QED) is 0.499. The molecule has 0 radical (unpaired) electrons. The lowest BCUT2D eigenvalue weighted by Crippen LogP contribution is -2.38. The van der Waals surface area contributed by atoms with Crippen molar-refractivity contribution in [2.24, 2.45) is 0 Å². The van der Waals surface area contributed by atoms with Crippen LogP contribution in [0.1, 0.15) is 25.0 Å². The number of methoxy groups -OCH3 is 2. The van der Waals surface area contributed by atoms with E-state index in [1.165, 1.54) is 46.3 Å². The SMILES string of the molecule is COc1cc(/C=C/C(=N)c2ccc(O)cc2O)cc(OC)c1OC(C)(C)C(=O)O. The zero-order valence-electron chi connectivity index (χ0n) is 16.5. The van der Waals surface area contributed by atoms with Gasteiger partial charge >= 0.3 is 5.97 Å². The molecule has 0 unspecified atom stereocenters. The minimum Gasteiger partial charge on any atom is -0.508 e. The fourth-order valence-corrected chi connectivity index (χ4v) is 2.41. The molecular weight excluding hydrogens is 378 g/mol. The van der Waals surface area contributed by atoms with Gasteiger partial charge in [-0.1, -0.05) is 6.08 Å². The van der Waals surface area contributed by atoms with E-state index < -0.39 is 11.6 Å². The third-order valence-electron chi connectivity index (χ3n) is 4.07. The summed E-state index contributed by atoms with van der Waals surface area (Å²) in [7, 11) is 2.83. The summed E-state index contributed by atoms with van der Waals surface area (Å²) in [4.78, 5) is 11.4. The van der Waals surface area contributed by atoms with Gasteiger partial charge in [0.05, 0.1) is 19.9 Å². The molecule has 8 nitrogen and oxygen atoms in total. The molecule has 0 aliphatic heterocycles. The van der Waals surface area contributed by atoms with E-state index in [4.69, 9.17) is 19.6 Å². The molecule has 154 valence electrons. The van der Waals surface area contributed by atoms with Gasteiger partial charge in [0.2, 0.25) is 5.75 Å². The van der Waals surface area contributed by atoms with Gasteiger partial charge in [0.15, 0.2) is 17.1 Å². The van der Waals surface area contributed by atoms with E-state index in [1.54, 1.807) is 18.2 Å². The molecule has 8 heteroatoms. The summed E-state index contributed by atoms with van der Waals surface area (Å²) in [5.41, 5.74) is -0.632. The van der Waals surface area contributed by atoms with E-state index in [2.05, 4.69) is 0 Å². The van der Waals surface area contributed by atoms with Crippen molar-refractivity contribution in [3.63, 3.8) is 0 Å². The summed E-state index contributed by atoms with van der Waals surface area (Å²) in [5, 5.41) is 36.6. The molecule has 0 aromatic heterocycles. The first-order valence-electron chi connectivity index (χ1n) is 8.56. The van der Waals surface area contributed by atoms with Crippen LogP contribution in [0.25, 0.3) is 6.08 Å². The summed E-state index contributed by atoms with van der Waals surface area (Å²) in [6, 6.07) is 7.18. The predicted molar refractivity (Wildman–Crippen MR) is 108 cm³/mol. The number of hydrogen-bond donors (Lipinski definition) is 4. The minimum absolute atomic E-state index is 0.0211. The number of ether oxygens (including phenoxy) is 3. The molecule has 0 saturated heterocycles. The van der Waals surface area contributed by atoms with Gasteiger partial charge in [0.1, 0.15) is 11.5 Å². The first-order valence-corrected chi connectivity index (χ1v) is 8.56. The van der Waals surface area contributed by atoms with Crippen LogP contribution in [0.3, 0.4) is 0 Å². The summed E-state index contributed by atoms with van der Waals surface area (Å²) in [5.74, 6) is -0.792. The first-order chi connectivity index (χ1) is 13.6. The molecule has 0 bridgehead atoms. The van der Waals surface area contributed by atoms with Crippen molar-refractivity contribution < 1.29 is 34.3 Å². The molecule has 0 aliphatic rings. The molecule has 0 amide bonds. The Labute approximate surface area is 168 Å². The van der Waals surface area contributed by atoms with E-state index in [-0.39, 0.29) is 40.0 Å². The second kappa shape index (κ2) is 8.55. The van der Waals surface area contributed by atoms with Crippen LogP contribution in [0, 0.1) is 5.41 Å². The Hall–Kier alpha value is -3.68. The normalized spacial score (nSPS) is 11.3. The second-order valence-corrected chi connectivity index (χ2v) is 6.62. The largest absolute Gasteiger partial charge is 0.508 e. The van der Waals surface area contributed by atoms with Gasteiger partial charge in [-0.25, -0.2) is 4.79 Å². The summed E-state index contributed by atoms with van der Waals surface area (Å²) in [6.45, 7) is 2.82. The van der Waals surface area contributed by atoms with Crippen LogP contribution in [0.2, 0.25) is 0 Å². The Bertz CT molecular complexity index is 938. The van der Waals surface area contributed by atoms with Crippen LogP contribution in [-0.2, 0) is 4.79 Å². The van der Waals surface area contributed by atoms with Crippen LogP contribution in [0.15, 0.2) is 36.4 Å². The molecule has 0 aliphatic carbocycles. The van der Waals surface area contributed by atoms with E-state index in [0.29, 0.717) is 5.56 Å². The molecule has 29 heavy (non-hydrogen) atoms. The van der Waals surface area contributed by atoms with Crippen LogP contribution < -0.4 is 14.2 Å². The highest BCUT2D eigenvalue weighted by molar-refractivity contribution is 6.10. The number of nitrogens with one attached hydrogen (secondary N) is 1. The molecule has 2 aromatic rings. The number of rotatable bonds is 8. The molecule has 4 N–H and O–H groups in total. The van der Waals surface area contributed by atoms with Crippen LogP contribution in [-0.4, -0.2) is 46.8 Å². The van der Waals surface area contributed by atoms with Crippen molar-refractivity contribution in [1.82, 2.24) is 0 Å². The fraction of sp³-hybridized carbons (Fsp3) is 0.238. The average molecular weight is 401 g/mol. The number of phenols is 2. The highest BCUT2D eigenvalue weighted by Gasteiger charge is 2.32. The van der Waals surface area contributed by atoms with Gasteiger partial charge in [-0.3, -0.25) is 0 Å².